The normalized spacial score (nSPS) is 12.5. The molecule has 0 bridgehead atoms. The first-order valence-electron chi connectivity index (χ1n) is 8.92. The van der Waals surface area contributed by atoms with E-state index in [0.29, 0.717) is 46.7 Å². The lowest BCUT2D eigenvalue weighted by atomic mass is 10.1. The fourth-order valence-corrected chi connectivity index (χ4v) is 2.99. The molecule has 1 aliphatic heterocycles. The van der Waals surface area contributed by atoms with Gasteiger partial charge in [-0.3, -0.25) is 9.59 Å². The van der Waals surface area contributed by atoms with Gasteiger partial charge in [-0.2, -0.15) is 0 Å². The van der Waals surface area contributed by atoms with Crippen LogP contribution in [-0.2, 0) is 9.59 Å². The van der Waals surface area contributed by atoms with Gasteiger partial charge in [0.05, 0.1) is 18.7 Å². The highest BCUT2D eigenvalue weighted by Gasteiger charge is 2.16. The summed E-state index contributed by atoms with van der Waals surface area (Å²) in [6.07, 6.45) is 2.99. The first-order chi connectivity index (χ1) is 14.0. The van der Waals surface area contributed by atoms with Crippen LogP contribution in [-0.4, -0.2) is 50.6 Å². The predicted molar refractivity (Wildman–Crippen MR) is 111 cm³/mol. The number of hydrogen-bond donors (Lipinski definition) is 1. The van der Waals surface area contributed by atoms with E-state index in [1.165, 1.54) is 11.0 Å². The summed E-state index contributed by atoms with van der Waals surface area (Å²) in [6, 6.07) is 10.4. The van der Waals surface area contributed by atoms with Crippen molar-refractivity contribution in [3.05, 3.63) is 53.1 Å². The molecular weight excluding hydrogens is 396 g/mol. The molecule has 1 aliphatic rings. The van der Waals surface area contributed by atoms with Crippen molar-refractivity contribution >= 4 is 35.2 Å². The van der Waals surface area contributed by atoms with Crippen LogP contribution in [0, 0.1) is 0 Å². The number of halogens is 1. The second-order valence-corrected chi connectivity index (χ2v) is 6.74. The van der Waals surface area contributed by atoms with Crippen LogP contribution in [0.3, 0.4) is 0 Å². The van der Waals surface area contributed by atoms with Gasteiger partial charge >= 0.3 is 0 Å². The van der Waals surface area contributed by atoms with Crippen molar-refractivity contribution in [1.29, 1.82) is 0 Å². The molecule has 3 rings (SSSR count). The van der Waals surface area contributed by atoms with Gasteiger partial charge in [0.1, 0.15) is 19.0 Å². The Bertz CT molecular complexity index is 945. The second-order valence-electron chi connectivity index (χ2n) is 6.33. The van der Waals surface area contributed by atoms with Crippen molar-refractivity contribution in [3.8, 4) is 17.2 Å². The molecule has 7 nitrogen and oxygen atoms in total. The number of methoxy groups -OCH3 is 1. The van der Waals surface area contributed by atoms with Crippen LogP contribution in [0.2, 0.25) is 5.02 Å². The number of carbonyl (C=O) groups is 2. The molecule has 2 amide bonds. The molecule has 1 heterocycles. The number of carbonyl (C=O) groups excluding carboxylic acids is 2. The van der Waals surface area contributed by atoms with Crippen LogP contribution in [0.1, 0.15) is 5.56 Å². The van der Waals surface area contributed by atoms with Gasteiger partial charge < -0.3 is 24.4 Å². The number of hydrogen-bond acceptors (Lipinski definition) is 5. The number of rotatable bonds is 6. The van der Waals surface area contributed by atoms with E-state index in [2.05, 4.69) is 5.32 Å². The number of ether oxygens (including phenoxy) is 3. The maximum Gasteiger partial charge on any atom is 0.246 e. The predicted octanol–water partition coefficient (Wildman–Crippen LogP) is 3.23. The molecule has 0 radical (unpaired) electrons. The average Bonchev–Trinajstić information content (AvgIpc) is 2.72. The summed E-state index contributed by atoms with van der Waals surface area (Å²) >= 11 is 6.20. The van der Waals surface area contributed by atoms with Crippen molar-refractivity contribution in [1.82, 2.24) is 4.90 Å². The smallest absolute Gasteiger partial charge is 0.246 e. The summed E-state index contributed by atoms with van der Waals surface area (Å²) in [5.41, 5.74) is 1.29. The zero-order chi connectivity index (χ0) is 20.8. The van der Waals surface area contributed by atoms with E-state index in [9.17, 15) is 9.59 Å². The fraction of sp³-hybridized carbons (Fsp3) is 0.238. The number of anilines is 1. The minimum absolute atomic E-state index is 0.0950. The van der Waals surface area contributed by atoms with Gasteiger partial charge in [-0.05, 0) is 35.9 Å². The summed E-state index contributed by atoms with van der Waals surface area (Å²) < 4.78 is 16.1. The Morgan fingerprint density at radius 3 is 2.83 bits per heavy atom. The first-order valence-corrected chi connectivity index (χ1v) is 9.30. The number of amides is 2. The van der Waals surface area contributed by atoms with Gasteiger partial charge in [0.15, 0.2) is 11.5 Å². The van der Waals surface area contributed by atoms with E-state index in [0.717, 1.165) is 0 Å². The molecule has 0 aromatic heterocycles. The molecule has 29 heavy (non-hydrogen) atoms. The van der Waals surface area contributed by atoms with Crippen LogP contribution in [0.25, 0.3) is 6.08 Å². The molecule has 0 spiro atoms. The zero-order valence-electron chi connectivity index (χ0n) is 16.1. The Morgan fingerprint density at radius 1 is 1.24 bits per heavy atom. The summed E-state index contributed by atoms with van der Waals surface area (Å²) in [4.78, 5) is 25.8. The van der Waals surface area contributed by atoms with Crippen molar-refractivity contribution in [2.24, 2.45) is 0 Å². The van der Waals surface area contributed by atoms with Crippen molar-refractivity contribution in [2.45, 2.75) is 0 Å². The van der Waals surface area contributed by atoms with Gasteiger partial charge in [-0.25, -0.2) is 0 Å². The number of nitrogens with one attached hydrogen (secondary N) is 1. The van der Waals surface area contributed by atoms with Gasteiger partial charge in [-0.15, -0.1) is 0 Å². The number of likely N-dealkylation sites (N-methyl/N-ethyl adjacent to an activating group) is 1. The van der Waals surface area contributed by atoms with Crippen LogP contribution < -0.4 is 19.5 Å². The molecule has 0 saturated heterocycles. The Balaban J connectivity index is 1.58. The molecule has 1 N–H and O–H groups in total. The number of benzene rings is 2. The number of fused-ring (bicyclic) bond motifs is 1. The lowest BCUT2D eigenvalue weighted by Gasteiger charge is -2.19. The maximum absolute atomic E-state index is 12.3. The molecule has 0 unspecified atom stereocenters. The molecule has 8 heteroatoms. The van der Waals surface area contributed by atoms with Crippen LogP contribution in [0.15, 0.2) is 42.5 Å². The Kier molecular flexibility index (Phi) is 6.61. The SMILES string of the molecule is COc1cccc(NC(=O)CN(C)C(=O)/C=C/c2cc(Cl)c3c(c2)OCCO3)c1. The van der Waals surface area contributed by atoms with E-state index in [1.54, 1.807) is 56.6 Å². The maximum atomic E-state index is 12.3. The lowest BCUT2D eigenvalue weighted by Crippen LogP contribution is -2.33. The van der Waals surface area contributed by atoms with Gasteiger partial charge in [0, 0.05) is 24.9 Å². The van der Waals surface area contributed by atoms with Crippen molar-refractivity contribution in [3.63, 3.8) is 0 Å². The standard InChI is InChI=1S/C21H21ClN2O5/c1-24(13-19(25)23-15-4-3-5-16(12-15)27-2)20(26)7-6-14-10-17(22)21-18(11-14)28-8-9-29-21/h3-7,10-12H,8-9,13H2,1-2H3,(H,23,25)/b7-6+. The first kappa shape index (κ1) is 20.5. The highest BCUT2D eigenvalue weighted by atomic mass is 35.5. The van der Waals surface area contributed by atoms with Crippen molar-refractivity contribution in [2.75, 3.05) is 39.2 Å². The van der Waals surface area contributed by atoms with E-state index < -0.39 is 0 Å². The third kappa shape index (κ3) is 5.42. The third-order valence-electron chi connectivity index (χ3n) is 4.15. The van der Waals surface area contributed by atoms with E-state index in [1.807, 2.05) is 0 Å². The highest BCUT2D eigenvalue weighted by molar-refractivity contribution is 6.32. The quantitative estimate of drug-likeness (QED) is 0.731. The molecule has 2 aromatic carbocycles. The minimum Gasteiger partial charge on any atom is -0.497 e. The number of nitrogens with zero attached hydrogens (tertiary/aromatic N) is 1. The molecule has 152 valence electrons. The molecular formula is C21H21ClN2O5. The van der Waals surface area contributed by atoms with Gasteiger partial charge in [0.2, 0.25) is 11.8 Å². The summed E-state index contributed by atoms with van der Waals surface area (Å²) in [7, 11) is 3.10. The zero-order valence-corrected chi connectivity index (χ0v) is 16.9. The van der Waals surface area contributed by atoms with E-state index in [-0.39, 0.29) is 18.4 Å². The monoisotopic (exact) mass is 416 g/mol. The van der Waals surface area contributed by atoms with Gasteiger partial charge in [0.25, 0.3) is 0 Å². The third-order valence-corrected chi connectivity index (χ3v) is 4.43. The van der Waals surface area contributed by atoms with Crippen LogP contribution in [0.4, 0.5) is 5.69 Å². The molecule has 0 fully saturated rings. The minimum atomic E-state index is -0.322. The molecule has 0 saturated carbocycles. The lowest BCUT2D eigenvalue weighted by molar-refractivity contribution is -0.129. The van der Waals surface area contributed by atoms with Crippen molar-refractivity contribution < 1.29 is 23.8 Å². The Morgan fingerprint density at radius 2 is 2.03 bits per heavy atom. The van der Waals surface area contributed by atoms with Crippen LogP contribution >= 0.6 is 11.6 Å². The topological polar surface area (TPSA) is 77.1 Å². The fourth-order valence-electron chi connectivity index (χ4n) is 2.72. The Hall–Kier alpha value is -3.19. The van der Waals surface area contributed by atoms with Crippen LogP contribution in [0.5, 0.6) is 17.2 Å². The summed E-state index contributed by atoms with van der Waals surface area (Å²) in [5, 5.41) is 3.15. The second kappa shape index (κ2) is 9.34. The molecule has 0 atom stereocenters. The van der Waals surface area contributed by atoms with Gasteiger partial charge in [-0.1, -0.05) is 17.7 Å². The molecule has 0 aliphatic carbocycles. The molecule has 2 aromatic rings. The summed E-state index contributed by atoms with van der Waals surface area (Å²) in [6.45, 7) is 0.797. The van der Waals surface area contributed by atoms with E-state index >= 15 is 0 Å². The Labute approximate surface area is 173 Å². The van der Waals surface area contributed by atoms with E-state index in [4.69, 9.17) is 25.8 Å². The average molecular weight is 417 g/mol. The largest absolute Gasteiger partial charge is 0.497 e. The highest BCUT2D eigenvalue weighted by Crippen LogP contribution is 2.38. The summed E-state index contributed by atoms with van der Waals surface area (Å²) in [5.74, 6) is 1.05.